The fraction of sp³-hybridized carbons (Fsp3) is 0.923. The third-order valence-electron chi connectivity index (χ3n) is 5.02. The van der Waals surface area contributed by atoms with Gasteiger partial charge in [-0.05, 0) is 38.0 Å². The second-order valence-electron chi connectivity index (χ2n) is 6.72. The van der Waals surface area contributed by atoms with Gasteiger partial charge in [0.2, 0.25) is 0 Å². The van der Waals surface area contributed by atoms with Crippen LogP contribution < -0.4 is 0 Å². The van der Waals surface area contributed by atoms with Gasteiger partial charge in [0.25, 0.3) is 0 Å². The molecule has 0 amide bonds. The molecule has 3 heteroatoms. The molecular weight excluding hydrogens is 224 g/mol. The molecule has 2 atom stereocenters. The van der Waals surface area contributed by atoms with Gasteiger partial charge in [0.05, 0.1) is 5.60 Å². The molecule has 16 heavy (non-hydrogen) atoms. The Hall–Kier alpha value is -0.0800. The number of carbonyl (C=O) groups is 1. The normalized spacial score (nSPS) is 54.7. The quantitative estimate of drug-likeness (QED) is 0.696. The van der Waals surface area contributed by atoms with Crippen molar-refractivity contribution in [2.45, 2.75) is 51.6 Å². The summed E-state index contributed by atoms with van der Waals surface area (Å²) in [6.07, 6.45) is 5.01. The molecular formula is C13H19ClO2. The van der Waals surface area contributed by atoms with E-state index in [1.165, 1.54) is 0 Å². The van der Waals surface area contributed by atoms with E-state index in [0.717, 1.165) is 32.1 Å². The van der Waals surface area contributed by atoms with E-state index in [9.17, 15) is 4.79 Å². The summed E-state index contributed by atoms with van der Waals surface area (Å²) < 4.78 is 5.83. The molecule has 0 spiro atoms. The van der Waals surface area contributed by atoms with Crippen LogP contribution in [0.25, 0.3) is 0 Å². The van der Waals surface area contributed by atoms with Gasteiger partial charge in [0.1, 0.15) is 11.8 Å². The van der Waals surface area contributed by atoms with Crippen molar-refractivity contribution in [2.75, 3.05) is 6.07 Å². The van der Waals surface area contributed by atoms with Gasteiger partial charge >= 0.3 is 0 Å². The Kier molecular flexibility index (Phi) is 2.09. The van der Waals surface area contributed by atoms with Crippen molar-refractivity contribution in [3.05, 3.63) is 0 Å². The lowest BCUT2D eigenvalue weighted by Crippen LogP contribution is -2.64. The number of halogens is 1. The van der Waals surface area contributed by atoms with Gasteiger partial charge < -0.3 is 4.74 Å². The Morgan fingerprint density at radius 1 is 1.25 bits per heavy atom. The van der Waals surface area contributed by atoms with Crippen LogP contribution in [-0.4, -0.2) is 17.5 Å². The average molecular weight is 243 g/mol. The maximum absolute atomic E-state index is 12.5. The third kappa shape index (κ3) is 1.26. The van der Waals surface area contributed by atoms with Crippen LogP contribution in [0.5, 0.6) is 0 Å². The van der Waals surface area contributed by atoms with E-state index in [2.05, 4.69) is 13.8 Å². The Bertz CT molecular complexity index is 330. The lowest BCUT2D eigenvalue weighted by molar-refractivity contribution is -0.204. The zero-order chi connectivity index (χ0) is 11.6. The monoisotopic (exact) mass is 242 g/mol. The summed E-state index contributed by atoms with van der Waals surface area (Å²) in [5.74, 6) is 1.14. The third-order valence-corrected chi connectivity index (χ3v) is 5.13. The summed E-state index contributed by atoms with van der Waals surface area (Å²) in [6, 6.07) is 0.257. The topological polar surface area (TPSA) is 26.3 Å². The van der Waals surface area contributed by atoms with E-state index >= 15 is 0 Å². The summed E-state index contributed by atoms with van der Waals surface area (Å²) in [5.41, 5.74) is -0.374. The van der Waals surface area contributed by atoms with Crippen LogP contribution in [0.2, 0.25) is 0 Å². The van der Waals surface area contributed by atoms with Gasteiger partial charge in [-0.25, -0.2) is 0 Å². The molecule has 0 aromatic heterocycles. The molecule has 0 radical (unpaired) electrons. The predicted octanol–water partition coefficient (Wildman–Crippen LogP) is 3.13. The fourth-order valence-electron chi connectivity index (χ4n) is 5.14. The average Bonchev–Trinajstić information content (AvgIpc) is 2.12. The lowest BCUT2D eigenvalue weighted by atomic mass is 9.43. The van der Waals surface area contributed by atoms with E-state index in [-0.39, 0.29) is 22.5 Å². The first-order chi connectivity index (χ1) is 7.41. The number of hydrogen-bond acceptors (Lipinski definition) is 2. The van der Waals surface area contributed by atoms with Crippen LogP contribution in [0.3, 0.4) is 0 Å². The van der Waals surface area contributed by atoms with Crippen LogP contribution in [0.15, 0.2) is 0 Å². The largest absolute Gasteiger partial charge is 0.359 e. The zero-order valence-electron chi connectivity index (χ0n) is 10.0. The first-order valence-corrected chi connectivity index (χ1v) is 6.70. The summed E-state index contributed by atoms with van der Waals surface area (Å²) in [5, 5.41) is 0. The zero-order valence-corrected chi connectivity index (χ0v) is 10.8. The number of Topliss-reactive ketones (excluding diaryl/α,β-unsaturated/α-hetero) is 1. The van der Waals surface area contributed by atoms with E-state index in [1.807, 2.05) is 0 Å². The van der Waals surface area contributed by atoms with E-state index in [0.29, 0.717) is 11.7 Å². The molecule has 0 heterocycles. The highest BCUT2D eigenvalue weighted by Crippen LogP contribution is 2.65. The Morgan fingerprint density at radius 2 is 1.81 bits per heavy atom. The maximum Gasteiger partial charge on any atom is 0.144 e. The predicted molar refractivity (Wildman–Crippen MR) is 62.3 cm³/mol. The van der Waals surface area contributed by atoms with Crippen LogP contribution in [0, 0.1) is 16.7 Å². The van der Waals surface area contributed by atoms with Gasteiger partial charge in [-0.2, -0.15) is 0 Å². The van der Waals surface area contributed by atoms with E-state index < -0.39 is 0 Å². The maximum atomic E-state index is 12.5. The van der Waals surface area contributed by atoms with Gasteiger partial charge in [0, 0.05) is 10.8 Å². The molecule has 2 nitrogen and oxygen atoms in total. The molecule has 2 unspecified atom stereocenters. The molecule has 0 aromatic rings. The van der Waals surface area contributed by atoms with Crippen LogP contribution in [-0.2, 0) is 9.53 Å². The molecule has 4 saturated carbocycles. The van der Waals surface area contributed by atoms with Gasteiger partial charge in [-0.3, -0.25) is 4.79 Å². The van der Waals surface area contributed by atoms with Gasteiger partial charge in [-0.1, -0.05) is 25.4 Å². The Labute approximate surface area is 102 Å². The molecule has 4 fully saturated rings. The van der Waals surface area contributed by atoms with Gasteiger partial charge in [0.15, 0.2) is 0 Å². The molecule has 4 aliphatic carbocycles. The molecule has 4 aliphatic rings. The molecule has 4 rings (SSSR count). The van der Waals surface area contributed by atoms with Crippen molar-refractivity contribution in [3.8, 4) is 0 Å². The number of ketones is 1. The number of hydrogen-bond donors (Lipinski definition) is 0. The van der Waals surface area contributed by atoms with Crippen molar-refractivity contribution in [1.82, 2.24) is 0 Å². The highest BCUT2D eigenvalue weighted by molar-refractivity contribution is 6.17. The van der Waals surface area contributed by atoms with E-state index in [4.69, 9.17) is 16.3 Å². The first kappa shape index (κ1) is 11.0. The van der Waals surface area contributed by atoms with Gasteiger partial charge in [-0.15, -0.1) is 0 Å². The first-order valence-electron chi connectivity index (χ1n) is 6.16. The van der Waals surface area contributed by atoms with Crippen molar-refractivity contribution >= 4 is 17.4 Å². The summed E-state index contributed by atoms with van der Waals surface area (Å²) in [6.45, 7) is 4.26. The van der Waals surface area contributed by atoms with Crippen molar-refractivity contribution in [3.63, 3.8) is 0 Å². The molecule has 0 aliphatic heterocycles. The highest BCUT2D eigenvalue weighted by Gasteiger charge is 2.65. The molecule has 0 N–H and O–H groups in total. The minimum Gasteiger partial charge on any atom is -0.359 e. The second kappa shape index (κ2) is 3.02. The molecule has 4 bridgehead atoms. The summed E-state index contributed by atoms with van der Waals surface area (Å²) >= 11 is 5.76. The second-order valence-corrected chi connectivity index (χ2v) is 6.94. The van der Waals surface area contributed by atoms with Crippen molar-refractivity contribution in [1.29, 1.82) is 0 Å². The van der Waals surface area contributed by atoms with E-state index in [1.54, 1.807) is 0 Å². The van der Waals surface area contributed by atoms with Crippen LogP contribution in [0.4, 0.5) is 0 Å². The summed E-state index contributed by atoms with van der Waals surface area (Å²) in [4.78, 5) is 12.5. The molecule has 0 saturated heterocycles. The number of carbonyl (C=O) groups excluding carboxylic acids is 1. The Balaban J connectivity index is 2.02. The van der Waals surface area contributed by atoms with Crippen LogP contribution >= 0.6 is 11.6 Å². The standard InChI is InChI=1S/C13H19ClO2/c1-11-3-9-4-12(2,10(11)15)7-13(5-9,6-11)16-8-14/h9H,3-8H2,1-2H3. The molecule has 90 valence electrons. The smallest absolute Gasteiger partial charge is 0.144 e. The van der Waals surface area contributed by atoms with Crippen molar-refractivity contribution in [2.24, 2.45) is 16.7 Å². The SMILES string of the molecule is CC12CC3CC(OCCl)(C1)CC(C)(C3)C2=O. The highest BCUT2D eigenvalue weighted by atomic mass is 35.5. The number of rotatable bonds is 2. The number of ether oxygens (including phenoxy) is 1. The number of alkyl halides is 1. The molecule has 0 aromatic carbocycles. The van der Waals surface area contributed by atoms with Crippen molar-refractivity contribution < 1.29 is 9.53 Å². The Morgan fingerprint density at radius 3 is 2.31 bits per heavy atom. The summed E-state index contributed by atoms with van der Waals surface area (Å²) in [7, 11) is 0. The van der Waals surface area contributed by atoms with Crippen LogP contribution in [0.1, 0.15) is 46.0 Å². The minimum absolute atomic E-state index is 0.0969. The fourth-order valence-corrected chi connectivity index (χ4v) is 5.37. The lowest BCUT2D eigenvalue weighted by Gasteiger charge is -2.63. The minimum atomic E-state index is -0.139.